The van der Waals surface area contributed by atoms with Crippen molar-refractivity contribution in [3.05, 3.63) is 41.2 Å². The van der Waals surface area contributed by atoms with E-state index in [0.717, 1.165) is 43.2 Å². The van der Waals surface area contributed by atoms with E-state index < -0.39 is 7.60 Å². The summed E-state index contributed by atoms with van der Waals surface area (Å²) in [6.45, 7) is 4.55. The topological polar surface area (TPSA) is 44.8 Å². The maximum atomic E-state index is 13.7. The zero-order valence-corrected chi connectivity index (χ0v) is 17.1. The lowest BCUT2D eigenvalue weighted by molar-refractivity contribution is 0.176. The van der Waals surface area contributed by atoms with Gasteiger partial charge in [-0.15, -0.1) is 0 Å². The average Bonchev–Trinajstić information content (AvgIpc) is 3.07. The molecule has 1 aromatic rings. The molecule has 1 spiro atoms. The summed E-state index contributed by atoms with van der Waals surface area (Å²) < 4.78 is 30.9. The van der Waals surface area contributed by atoms with Crippen molar-refractivity contribution in [1.82, 2.24) is 0 Å². The Morgan fingerprint density at radius 3 is 2.54 bits per heavy atom. The van der Waals surface area contributed by atoms with E-state index in [-0.39, 0.29) is 11.3 Å². The van der Waals surface area contributed by atoms with Gasteiger partial charge in [-0.2, -0.15) is 0 Å². The fraction of sp³-hybridized carbons (Fsp3) is 0.619. The molecule has 26 heavy (non-hydrogen) atoms. The molecule has 1 aromatic carbocycles. The molecule has 0 aromatic heterocycles. The van der Waals surface area contributed by atoms with Gasteiger partial charge in [0.2, 0.25) is 0 Å². The van der Waals surface area contributed by atoms with Crippen molar-refractivity contribution in [2.75, 3.05) is 20.3 Å². The van der Waals surface area contributed by atoms with Gasteiger partial charge in [-0.05, 0) is 57.1 Å². The van der Waals surface area contributed by atoms with Gasteiger partial charge in [0.15, 0.2) is 0 Å². The van der Waals surface area contributed by atoms with Gasteiger partial charge in [-0.25, -0.2) is 0 Å². The van der Waals surface area contributed by atoms with Crippen molar-refractivity contribution in [3.8, 4) is 5.75 Å². The van der Waals surface area contributed by atoms with Crippen LogP contribution in [-0.2, 0) is 13.6 Å². The van der Waals surface area contributed by atoms with E-state index >= 15 is 0 Å². The minimum Gasteiger partial charge on any atom is -0.496 e. The van der Waals surface area contributed by atoms with Crippen molar-refractivity contribution < 1.29 is 18.3 Å². The Labute approximate surface area is 157 Å². The molecule has 1 fully saturated rings. The molecule has 1 saturated carbocycles. The van der Waals surface area contributed by atoms with Gasteiger partial charge in [-0.3, -0.25) is 4.57 Å². The predicted molar refractivity (Wildman–Crippen MR) is 105 cm³/mol. The SMILES string of the molecule is CCOP(=O)(OCC)C1=CCC[C@@]12CCCC[C@H]2c1ccccc1OC. The molecule has 0 bridgehead atoms. The summed E-state index contributed by atoms with van der Waals surface area (Å²) in [7, 11) is -1.53. The van der Waals surface area contributed by atoms with E-state index in [1.807, 2.05) is 26.0 Å². The third-order valence-electron chi connectivity index (χ3n) is 5.88. The van der Waals surface area contributed by atoms with Crippen molar-refractivity contribution in [2.24, 2.45) is 5.41 Å². The van der Waals surface area contributed by atoms with Gasteiger partial charge < -0.3 is 13.8 Å². The fourth-order valence-electron chi connectivity index (χ4n) is 4.95. The quantitative estimate of drug-likeness (QED) is 0.524. The standard InChI is InChI=1S/C21H31O4P/c1-4-24-26(22,25-5-2)20-14-10-16-21(20)15-9-8-12-18(21)17-11-6-7-13-19(17)23-3/h6-7,11,13-14,18H,4-5,8-10,12,15-16H2,1-3H3/t18-,21+/m0/s1. The second kappa shape index (κ2) is 8.29. The largest absolute Gasteiger partial charge is 0.496 e. The van der Waals surface area contributed by atoms with Crippen molar-refractivity contribution in [1.29, 1.82) is 0 Å². The Bertz CT molecular complexity index is 689. The highest BCUT2D eigenvalue weighted by Gasteiger charge is 2.53. The van der Waals surface area contributed by atoms with E-state index in [1.54, 1.807) is 7.11 Å². The predicted octanol–water partition coefficient (Wildman–Crippen LogP) is 6.28. The van der Waals surface area contributed by atoms with Crippen LogP contribution in [-0.4, -0.2) is 20.3 Å². The van der Waals surface area contributed by atoms with E-state index in [9.17, 15) is 4.57 Å². The first-order valence-electron chi connectivity index (χ1n) is 9.84. The highest BCUT2D eigenvalue weighted by Crippen LogP contribution is 2.71. The van der Waals surface area contributed by atoms with E-state index in [0.29, 0.717) is 13.2 Å². The van der Waals surface area contributed by atoms with Crippen LogP contribution < -0.4 is 4.74 Å². The molecule has 0 saturated heterocycles. The van der Waals surface area contributed by atoms with Crippen LogP contribution in [0, 0.1) is 5.41 Å². The van der Waals surface area contributed by atoms with Crippen LogP contribution in [0.5, 0.6) is 5.75 Å². The van der Waals surface area contributed by atoms with Crippen molar-refractivity contribution in [2.45, 2.75) is 58.3 Å². The Morgan fingerprint density at radius 1 is 1.12 bits per heavy atom. The molecule has 2 atom stereocenters. The van der Waals surface area contributed by atoms with Gasteiger partial charge >= 0.3 is 7.60 Å². The Balaban J connectivity index is 2.07. The first kappa shape index (κ1) is 19.7. The highest BCUT2D eigenvalue weighted by molar-refractivity contribution is 7.58. The number of para-hydroxylation sites is 1. The molecule has 0 unspecified atom stereocenters. The summed E-state index contributed by atoms with van der Waals surface area (Å²) in [6, 6.07) is 8.27. The van der Waals surface area contributed by atoms with Crippen LogP contribution in [0.25, 0.3) is 0 Å². The first-order valence-corrected chi connectivity index (χ1v) is 11.4. The van der Waals surface area contributed by atoms with Gasteiger partial charge in [0.25, 0.3) is 0 Å². The maximum absolute atomic E-state index is 13.7. The van der Waals surface area contributed by atoms with Gasteiger partial charge in [0.05, 0.1) is 20.3 Å². The second-order valence-electron chi connectivity index (χ2n) is 7.16. The van der Waals surface area contributed by atoms with Crippen molar-refractivity contribution >= 4 is 7.60 Å². The molecule has 2 aliphatic carbocycles. The molecule has 0 N–H and O–H groups in total. The molecule has 0 heterocycles. The van der Waals surface area contributed by atoms with Gasteiger partial charge in [0.1, 0.15) is 5.75 Å². The molecular formula is C21H31O4P. The molecule has 0 radical (unpaired) electrons. The number of hydrogen-bond donors (Lipinski definition) is 0. The Hall–Kier alpha value is -1.09. The molecule has 144 valence electrons. The molecule has 5 heteroatoms. The zero-order valence-electron chi connectivity index (χ0n) is 16.2. The van der Waals surface area contributed by atoms with E-state index in [1.165, 1.54) is 12.0 Å². The first-order chi connectivity index (χ1) is 12.6. The molecule has 3 rings (SSSR count). The number of methoxy groups -OCH3 is 1. The molecule has 2 aliphatic rings. The number of ether oxygens (including phenoxy) is 1. The van der Waals surface area contributed by atoms with Crippen molar-refractivity contribution in [3.63, 3.8) is 0 Å². The summed E-state index contributed by atoms with van der Waals surface area (Å²) in [6.07, 6.45) is 8.54. The molecular weight excluding hydrogens is 347 g/mol. The summed E-state index contributed by atoms with van der Waals surface area (Å²) in [5.41, 5.74) is 1.08. The zero-order chi connectivity index (χ0) is 18.6. The smallest absolute Gasteiger partial charge is 0.357 e. The molecule has 0 aliphatic heterocycles. The maximum Gasteiger partial charge on any atom is 0.357 e. The van der Waals surface area contributed by atoms with Crippen LogP contribution in [0.1, 0.15) is 63.9 Å². The third kappa shape index (κ3) is 3.40. The Kier molecular flexibility index (Phi) is 6.27. The number of allylic oxidation sites excluding steroid dienone is 2. The van der Waals surface area contributed by atoms with Crippen LogP contribution in [0.3, 0.4) is 0 Å². The molecule has 0 amide bonds. The highest BCUT2D eigenvalue weighted by atomic mass is 31.2. The van der Waals surface area contributed by atoms with Crippen LogP contribution in [0.15, 0.2) is 35.7 Å². The Morgan fingerprint density at radius 2 is 1.85 bits per heavy atom. The van der Waals surface area contributed by atoms with Crippen LogP contribution >= 0.6 is 7.60 Å². The normalized spacial score (nSPS) is 26.1. The minimum atomic E-state index is -3.26. The summed E-state index contributed by atoms with van der Waals surface area (Å²) in [5, 5.41) is 0.921. The minimum absolute atomic E-state index is 0.146. The summed E-state index contributed by atoms with van der Waals surface area (Å²) in [5.74, 6) is 1.21. The lowest BCUT2D eigenvalue weighted by Gasteiger charge is -2.45. The van der Waals surface area contributed by atoms with Gasteiger partial charge in [-0.1, -0.05) is 37.1 Å². The average molecular weight is 378 g/mol. The lowest BCUT2D eigenvalue weighted by Crippen LogP contribution is -2.33. The summed E-state index contributed by atoms with van der Waals surface area (Å²) in [4.78, 5) is 0. The molecule has 4 nitrogen and oxygen atoms in total. The van der Waals surface area contributed by atoms with E-state index in [2.05, 4.69) is 18.2 Å². The fourth-order valence-corrected chi connectivity index (χ4v) is 7.26. The van der Waals surface area contributed by atoms with Crippen LogP contribution in [0.2, 0.25) is 0 Å². The van der Waals surface area contributed by atoms with Gasteiger partial charge in [0, 0.05) is 10.7 Å². The monoisotopic (exact) mass is 378 g/mol. The number of benzene rings is 1. The van der Waals surface area contributed by atoms with Crippen LogP contribution in [0.4, 0.5) is 0 Å². The summed E-state index contributed by atoms with van der Waals surface area (Å²) >= 11 is 0. The third-order valence-corrected chi connectivity index (χ3v) is 8.29. The second-order valence-corrected chi connectivity index (χ2v) is 9.15. The number of hydrogen-bond acceptors (Lipinski definition) is 4. The van der Waals surface area contributed by atoms with E-state index in [4.69, 9.17) is 13.8 Å². The lowest BCUT2D eigenvalue weighted by atomic mass is 9.63. The number of rotatable bonds is 7.